The van der Waals surface area contributed by atoms with Gasteiger partial charge >= 0.3 is 0 Å². The fraction of sp³-hybridized carbons (Fsp3) is 0.559. The number of fused-ring (bicyclic) bond motifs is 9. The van der Waals surface area contributed by atoms with Crippen LogP contribution in [0, 0.1) is 33.5 Å². The van der Waals surface area contributed by atoms with E-state index in [0.717, 1.165) is 37.7 Å². The minimum Gasteiger partial charge on any atom is -0.870 e. The monoisotopic (exact) mass is 1140 g/mol. The summed E-state index contributed by atoms with van der Waals surface area (Å²) >= 11 is 0. The Morgan fingerprint density at radius 3 is 2.43 bits per heavy atom. The molecule has 5 aliphatic carbocycles. The first-order chi connectivity index (χ1) is 38.3. The minimum atomic E-state index is -3.97. The third-order valence-corrected chi connectivity index (χ3v) is 20.4. The van der Waals surface area contributed by atoms with Gasteiger partial charge in [-0.1, -0.05) is 83.7 Å². The number of sulfone groups is 1. The highest BCUT2D eigenvalue weighted by molar-refractivity contribution is 7.91. The molecule has 21 nitrogen and oxygen atoms in total. The molecule has 2 saturated heterocycles. The molecular formula is C59H74N7O14S-. The van der Waals surface area contributed by atoms with E-state index in [0.29, 0.717) is 59.0 Å². The number of nitroso groups, excluding NO2 is 1. The van der Waals surface area contributed by atoms with Crippen LogP contribution in [-0.2, 0) is 33.6 Å². The van der Waals surface area contributed by atoms with Gasteiger partial charge in [0.2, 0.25) is 9.84 Å². The highest BCUT2D eigenvalue weighted by Gasteiger charge is 2.75. The predicted molar refractivity (Wildman–Crippen MR) is 299 cm³/mol. The van der Waals surface area contributed by atoms with Crippen LogP contribution >= 0.6 is 0 Å². The molecule has 5 heterocycles. The van der Waals surface area contributed by atoms with Crippen LogP contribution in [0.25, 0.3) is 10.9 Å². The van der Waals surface area contributed by atoms with Gasteiger partial charge in [0.1, 0.15) is 53.6 Å². The Kier molecular flexibility index (Phi) is 17.3. The largest absolute Gasteiger partial charge is 0.870 e. The summed E-state index contributed by atoms with van der Waals surface area (Å²) in [7, 11) is -3.97. The van der Waals surface area contributed by atoms with Gasteiger partial charge in [-0.15, -0.1) is 4.91 Å². The smallest absolute Gasteiger partial charge is 0.209 e. The predicted octanol–water partition coefficient (Wildman–Crippen LogP) is 6.82. The number of aliphatic hydroxyl groups excluding tert-OH is 5. The van der Waals surface area contributed by atoms with Crippen LogP contribution in [0.15, 0.2) is 98.8 Å². The number of aliphatic imine (C=N–C) groups is 1. The minimum absolute atomic E-state index is 0. The maximum absolute atomic E-state index is 13.3. The van der Waals surface area contributed by atoms with Gasteiger partial charge < -0.3 is 56.3 Å². The van der Waals surface area contributed by atoms with Crippen molar-refractivity contribution in [1.82, 2.24) is 15.0 Å². The molecule has 6 fully saturated rings. The number of nitrogens with zero attached hydrogens (tertiary/aromatic N) is 5. The van der Waals surface area contributed by atoms with E-state index in [1.165, 1.54) is 37.5 Å². The second-order valence-corrected chi connectivity index (χ2v) is 25.3. The molecule has 12 rings (SSSR count). The number of nitrogens with one attached hydrogen (secondary N) is 1. The van der Waals surface area contributed by atoms with Gasteiger partial charge in [-0.2, -0.15) is 0 Å². The molecule has 2 aromatic heterocycles. The van der Waals surface area contributed by atoms with Crippen LogP contribution in [0.4, 0.5) is 22.9 Å². The lowest BCUT2D eigenvalue weighted by molar-refractivity contribution is -0.200. The number of hydrogen-bond acceptors (Lipinski definition) is 21. The Hall–Kier alpha value is -5.79. The fourth-order valence-electron chi connectivity index (χ4n) is 14.8. The molecule has 0 amide bonds. The molecule has 9 N–H and O–H groups in total. The number of allylic oxidation sites excluding steroid dienone is 4. The average Bonchev–Trinajstić information content (AvgIpc) is 2.86. The Balaban J connectivity index is 0.000000147. The molecule has 0 bridgehead atoms. The first-order valence-electron chi connectivity index (χ1n) is 28.0. The number of carbonyl (C=O) groups excluding carboxylic acids is 2. The van der Waals surface area contributed by atoms with E-state index < -0.39 is 70.4 Å². The van der Waals surface area contributed by atoms with E-state index >= 15 is 0 Å². The van der Waals surface area contributed by atoms with Gasteiger partial charge in [0.15, 0.2) is 29.3 Å². The molecule has 8 aliphatic rings. The van der Waals surface area contributed by atoms with Crippen LogP contribution in [-0.4, -0.2) is 140 Å². The van der Waals surface area contributed by atoms with Crippen molar-refractivity contribution >= 4 is 61.4 Å². The van der Waals surface area contributed by atoms with Gasteiger partial charge in [-0.05, 0) is 110 Å². The van der Waals surface area contributed by atoms with Crippen LogP contribution in [0.5, 0.6) is 0 Å². The number of carbonyl (C=O) groups is 2. The summed E-state index contributed by atoms with van der Waals surface area (Å²) in [5.74, 6) is 0.364. The fourth-order valence-corrected chi connectivity index (χ4v) is 16.6. The first kappa shape index (κ1) is 59.8. The number of Topliss-reactive ketones (excluding diaryl/α,β-unsaturated/α-hetero) is 1. The zero-order chi connectivity index (χ0) is 57.1. The highest BCUT2D eigenvalue weighted by atomic mass is 32.2. The van der Waals surface area contributed by atoms with Crippen LogP contribution < -0.4 is 11.1 Å². The lowest BCUT2D eigenvalue weighted by atomic mass is 9.46. The third-order valence-electron chi connectivity index (χ3n) is 18.6. The number of nitrogens with two attached hydrogens (primary N) is 1. The summed E-state index contributed by atoms with van der Waals surface area (Å²) < 4.78 is 44.8. The molecule has 7 unspecified atom stereocenters. The van der Waals surface area contributed by atoms with Crippen molar-refractivity contribution in [2.45, 2.75) is 175 Å². The van der Waals surface area contributed by atoms with E-state index in [-0.39, 0.29) is 79.8 Å². The summed E-state index contributed by atoms with van der Waals surface area (Å²) in [4.78, 5) is 53.8. The quantitative estimate of drug-likeness (QED) is 0.0565. The van der Waals surface area contributed by atoms with Crippen molar-refractivity contribution < 1.29 is 63.2 Å². The highest BCUT2D eigenvalue weighted by Crippen LogP contribution is 2.70. The summed E-state index contributed by atoms with van der Waals surface area (Å²) in [5, 5.41) is 57.6. The van der Waals surface area contributed by atoms with Crippen molar-refractivity contribution in [1.29, 1.82) is 0 Å². The van der Waals surface area contributed by atoms with Crippen LogP contribution in [0.1, 0.15) is 122 Å². The molecule has 22 heteroatoms. The first-order valence-corrected chi connectivity index (χ1v) is 29.5. The molecule has 0 spiro atoms. The number of hydrogen-bond donors (Lipinski definition) is 7. The number of anilines is 2. The number of benzene rings is 2. The second kappa shape index (κ2) is 23.5. The lowest BCUT2D eigenvalue weighted by Crippen LogP contribution is -2.63. The average molecular weight is 1140 g/mol. The second-order valence-electron chi connectivity index (χ2n) is 23.4. The van der Waals surface area contributed by atoms with E-state index in [2.05, 4.69) is 51.2 Å². The Labute approximate surface area is 470 Å². The van der Waals surface area contributed by atoms with Crippen molar-refractivity contribution in [2.24, 2.45) is 38.8 Å². The molecule has 4 aromatic rings. The standard InChI is InChI=1S/C25H34O6.C18H17N3O3S.C16H22N4O4.H2O/c1-4-5-21-30-20-11-17-16-7-6-14-10-15(27)8-9-23(14,2)22(16)18(28)12-24(17,3)25(20,31-21)19(29)13-26;1-11(2)12-6-3-4-8-15(12)25(23,24)16-10-14(19)17-13(18(16)21-22)7-5-9-20-17;21-6-10-13(22)14(23)15(24-10)9-5-17-12-11(9)18-7-19-16(12)20-8-3-1-2-4-8;/h8-10,16-18,20-22,26,28H,4-7,11-13H2,1-3H3;3-11H,19H2,1-2H3;5,7-10,13-15,21-23H,1-4,6H2,(H,18,19,20);1H2/p-1/t16?,17?,18-,20-,21?,22?,23?,24?,25+;;9?,10-,13+,14+,15+;/m0.1./s1. The SMILES string of the molecule is CC(C)c1ccccc1S(=O)(=O)c1cc(N)c2ncccc2c1N=O.CCCC1O[C@H]2CC3C4CCC5=CC(=O)C=CC5(C)C4[C@@H](O)CC3(C)[C@]2(C(=O)CO)O1.OC[C@H]1O[C@@H](C2C=Nc3c(NC4CCCC4)ncnc32)[C@@H](O)[C@H]1O.[OH-]. The third kappa shape index (κ3) is 10.2. The number of ether oxygens (including phenoxy) is 3. The van der Waals surface area contributed by atoms with Gasteiger partial charge in [0.25, 0.3) is 0 Å². The zero-order valence-electron chi connectivity index (χ0n) is 46.2. The zero-order valence-corrected chi connectivity index (χ0v) is 47.0. The maximum atomic E-state index is 13.3. The Morgan fingerprint density at radius 2 is 1.74 bits per heavy atom. The van der Waals surface area contributed by atoms with Crippen molar-refractivity contribution in [3.63, 3.8) is 0 Å². The number of rotatable bonds is 12. The van der Waals surface area contributed by atoms with E-state index in [1.54, 1.807) is 48.7 Å². The van der Waals surface area contributed by atoms with Gasteiger partial charge in [-0.25, -0.2) is 18.4 Å². The summed E-state index contributed by atoms with van der Waals surface area (Å²) in [5.41, 5.74) is 7.33. The summed E-state index contributed by atoms with van der Waals surface area (Å²) in [6, 6.07) is 11.6. The molecule has 4 saturated carbocycles. The van der Waals surface area contributed by atoms with E-state index in [4.69, 9.17) is 19.9 Å². The van der Waals surface area contributed by atoms with E-state index in [1.807, 2.05) is 19.9 Å². The molecule has 0 radical (unpaired) electrons. The molecule has 81 heavy (non-hydrogen) atoms. The molecule has 14 atom stereocenters. The Morgan fingerprint density at radius 1 is 0.988 bits per heavy atom. The van der Waals surface area contributed by atoms with E-state index in [9.17, 15) is 48.4 Å². The summed E-state index contributed by atoms with van der Waals surface area (Å²) in [6.07, 6.45) is 14.0. The topological polar surface area (TPSA) is 346 Å². The van der Waals surface area contributed by atoms with Crippen molar-refractivity contribution in [2.75, 3.05) is 24.3 Å². The Bertz CT molecular complexity index is 3240. The molecule has 3 aliphatic heterocycles. The molecular weight excluding hydrogens is 1060 g/mol. The molecule has 2 aromatic carbocycles. The van der Waals surface area contributed by atoms with Gasteiger partial charge in [-0.3, -0.25) is 19.6 Å². The number of nitrogen functional groups attached to an aromatic ring is 1. The maximum Gasteiger partial charge on any atom is 0.209 e. The lowest BCUT2D eigenvalue weighted by Gasteiger charge is -2.59. The van der Waals surface area contributed by atoms with Crippen molar-refractivity contribution in [3.05, 3.63) is 95.0 Å². The number of ketones is 2. The number of aromatic nitrogens is 3. The number of pyridine rings is 1. The van der Waals surface area contributed by atoms with Gasteiger partial charge in [0.05, 0.1) is 46.5 Å². The summed E-state index contributed by atoms with van der Waals surface area (Å²) in [6.45, 7) is 9.15. The van der Waals surface area contributed by atoms with Crippen LogP contribution in [0.2, 0.25) is 0 Å². The number of aliphatic hydroxyl groups is 5. The van der Waals surface area contributed by atoms with Gasteiger partial charge in [0, 0.05) is 40.6 Å². The van der Waals surface area contributed by atoms with Crippen molar-refractivity contribution in [3.8, 4) is 0 Å². The normalized spacial score (nSPS) is 33.4. The molecule has 436 valence electrons. The van der Waals surface area contributed by atoms with Crippen LogP contribution in [0.3, 0.4) is 0 Å².